The predicted molar refractivity (Wildman–Crippen MR) is 107 cm³/mol. The average molecular weight is 416 g/mol. The molecule has 1 heterocycles. The third-order valence-electron chi connectivity index (χ3n) is 4.22. The second kappa shape index (κ2) is 7.07. The van der Waals surface area contributed by atoms with E-state index in [2.05, 4.69) is 0 Å². The summed E-state index contributed by atoms with van der Waals surface area (Å²) in [7, 11) is 0. The number of alkyl halides is 3. The van der Waals surface area contributed by atoms with Crippen molar-refractivity contribution in [1.82, 2.24) is 0 Å². The summed E-state index contributed by atoms with van der Waals surface area (Å²) in [4.78, 5) is 25.9. The van der Waals surface area contributed by atoms with Crippen molar-refractivity contribution >= 4 is 48.4 Å². The van der Waals surface area contributed by atoms with Gasteiger partial charge in [-0.3, -0.25) is 9.59 Å². The van der Waals surface area contributed by atoms with Crippen LogP contribution in [0.1, 0.15) is 15.9 Å². The highest BCUT2D eigenvalue weighted by atomic mass is 32.2. The number of carbonyl (C=O) groups is 1. The maximum absolute atomic E-state index is 12.8. The number of hydrogen-bond donors (Lipinski definition) is 0. The first-order valence-electron chi connectivity index (χ1n) is 8.18. The molecule has 0 amide bonds. The van der Waals surface area contributed by atoms with E-state index in [1.807, 2.05) is 12.1 Å². The summed E-state index contributed by atoms with van der Waals surface area (Å²) in [6.07, 6.45) is -4.42. The summed E-state index contributed by atoms with van der Waals surface area (Å²) in [5, 5.41) is 0.735. The molecule has 0 aliphatic carbocycles. The van der Waals surface area contributed by atoms with Crippen LogP contribution in [0, 0.1) is 0 Å². The third kappa shape index (κ3) is 3.43. The van der Waals surface area contributed by atoms with Gasteiger partial charge in [0.1, 0.15) is 0 Å². The first-order chi connectivity index (χ1) is 13.3. The molecule has 7 heteroatoms. The van der Waals surface area contributed by atoms with Gasteiger partial charge in [0.2, 0.25) is 5.12 Å². The van der Waals surface area contributed by atoms with Crippen molar-refractivity contribution in [1.29, 1.82) is 0 Å². The molecule has 0 unspecified atom stereocenters. The number of carbonyl (C=O) groups excluding carboxylic acids is 1. The van der Waals surface area contributed by atoms with Gasteiger partial charge in [0.05, 0.1) is 10.3 Å². The van der Waals surface area contributed by atoms with E-state index >= 15 is 0 Å². The number of thioether (sulfide) groups is 1. The van der Waals surface area contributed by atoms with E-state index in [4.69, 9.17) is 0 Å². The highest BCUT2D eigenvalue weighted by Crippen LogP contribution is 2.34. The number of rotatable bonds is 2. The van der Waals surface area contributed by atoms with Crippen LogP contribution in [0.5, 0.6) is 0 Å². The first kappa shape index (κ1) is 18.7. The second-order valence-electron chi connectivity index (χ2n) is 6.02. The lowest BCUT2D eigenvalue weighted by Gasteiger charge is -2.08. The molecule has 0 radical (unpaired) electrons. The van der Waals surface area contributed by atoms with Crippen molar-refractivity contribution in [2.24, 2.45) is 0 Å². The molecular formula is C21H11F3O2S2. The topological polar surface area (TPSA) is 34.1 Å². The molecule has 0 aliphatic rings. The zero-order chi connectivity index (χ0) is 19.9. The Morgan fingerprint density at radius 1 is 0.857 bits per heavy atom. The lowest BCUT2D eigenvalue weighted by Crippen LogP contribution is -2.04. The molecular weight excluding hydrogens is 405 g/mol. The molecule has 28 heavy (non-hydrogen) atoms. The molecule has 2 nitrogen and oxygen atoms in total. The van der Waals surface area contributed by atoms with Gasteiger partial charge in [-0.1, -0.05) is 18.2 Å². The summed E-state index contributed by atoms with van der Waals surface area (Å²) in [6, 6.07) is 16.6. The van der Waals surface area contributed by atoms with Crippen molar-refractivity contribution in [3.05, 3.63) is 88.1 Å². The number of halogens is 3. The van der Waals surface area contributed by atoms with Crippen molar-refractivity contribution in [3.8, 4) is 0 Å². The van der Waals surface area contributed by atoms with Crippen LogP contribution < -0.4 is 5.43 Å². The lowest BCUT2D eigenvalue weighted by molar-refractivity contribution is -0.137. The largest absolute Gasteiger partial charge is 0.416 e. The minimum absolute atomic E-state index is 0.140. The van der Waals surface area contributed by atoms with Gasteiger partial charge in [-0.05, 0) is 60.3 Å². The number of hydrogen-bond acceptors (Lipinski definition) is 4. The molecule has 0 spiro atoms. The minimum Gasteiger partial charge on any atom is -0.289 e. The van der Waals surface area contributed by atoms with Gasteiger partial charge < -0.3 is 0 Å². The monoisotopic (exact) mass is 416 g/mol. The van der Waals surface area contributed by atoms with E-state index in [1.165, 1.54) is 23.5 Å². The van der Waals surface area contributed by atoms with E-state index in [9.17, 15) is 22.8 Å². The quantitative estimate of drug-likeness (QED) is 0.281. The van der Waals surface area contributed by atoms with Gasteiger partial charge >= 0.3 is 6.18 Å². The molecule has 0 saturated heterocycles. The summed E-state index contributed by atoms with van der Waals surface area (Å²) in [6.45, 7) is 0. The van der Waals surface area contributed by atoms with Crippen molar-refractivity contribution < 1.29 is 18.0 Å². The van der Waals surface area contributed by atoms with E-state index in [0.717, 1.165) is 28.6 Å². The molecule has 0 fully saturated rings. The van der Waals surface area contributed by atoms with Crippen LogP contribution in [-0.2, 0) is 6.18 Å². The molecule has 0 aliphatic heterocycles. The highest BCUT2D eigenvalue weighted by Gasteiger charge is 2.30. The Kier molecular flexibility index (Phi) is 4.72. The van der Waals surface area contributed by atoms with Crippen molar-refractivity contribution in [2.75, 3.05) is 0 Å². The molecule has 0 bridgehead atoms. The van der Waals surface area contributed by atoms with Gasteiger partial charge in [-0.2, -0.15) is 13.2 Å². The van der Waals surface area contributed by atoms with Crippen LogP contribution in [0.25, 0.3) is 20.2 Å². The summed E-state index contributed by atoms with van der Waals surface area (Å²) in [5.41, 5.74) is -0.534. The van der Waals surface area contributed by atoms with Gasteiger partial charge in [0, 0.05) is 25.9 Å². The smallest absolute Gasteiger partial charge is 0.289 e. The SMILES string of the molecule is O=C(Sc1ccc(C(F)(F)F)cc1)c1cccc2c(=O)c3ccccc3sc12. The minimum atomic E-state index is -4.42. The Labute approximate surface area is 165 Å². The highest BCUT2D eigenvalue weighted by molar-refractivity contribution is 8.14. The molecule has 0 N–H and O–H groups in total. The molecule has 140 valence electrons. The Hall–Kier alpha value is -2.64. The van der Waals surface area contributed by atoms with Crippen molar-refractivity contribution in [3.63, 3.8) is 0 Å². The van der Waals surface area contributed by atoms with E-state index in [1.54, 1.807) is 30.3 Å². The van der Waals surface area contributed by atoms with Crippen LogP contribution in [-0.4, -0.2) is 5.12 Å². The second-order valence-corrected chi connectivity index (χ2v) is 8.12. The number of fused-ring (bicyclic) bond motifs is 2. The molecule has 4 aromatic rings. The lowest BCUT2D eigenvalue weighted by atomic mass is 10.1. The Morgan fingerprint density at radius 3 is 2.25 bits per heavy atom. The zero-order valence-corrected chi connectivity index (χ0v) is 15.8. The summed E-state index contributed by atoms with van der Waals surface area (Å²) < 4.78 is 39.4. The fourth-order valence-electron chi connectivity index (χ4n) is 2.86. The number of benzene rings is 3. The summed E-state index contributed by atoms with van der Waals surface area (Å²) in [5.74, 6) is 0. The predicted octanol–water partition coefficient (Wildman–Crippen LogP) is 6.37. The van der Waals surface area contributed by atoms with Gasteiger partial charge in [-0.25, -0.2) is 0 Å². The molecule has 3 aromatic carbocycles. The van der Waals surface area contributed by atoms with Crippen LogP contribution in [0.15, 0.2) is 76.4 Å². The standard InChI is InChI=1S/C21H11F3O2S2/c22-21(23,24)12-8-10-13(11-9-12)27-20(26)16-6-3-5-15-18(25)14-4-1-2-7-17(14)28-19(15)16/h1-11H. The fraction of sp³-hybridized carbons (Fsp3) is 0.0476. The Balaban J connectivity index is 1.74. The van der Waals surface area contributed by atoms with Gasteiger partial charge in [-0.15, -0.1) is 11.3 Å². The van der Waals surface area contributed by atoms with Crippen LogP contribution in [0.3, 0.4) is 0 Å². The molecule has 0 saturated carbocycles. The molecule has 4 rings (SSSR count). The van der Waals surface area contributed by atoms with Gasteiger partial charge in [0.15, 0.2) is 5.43 Å². The summed E-state index contributed by atoms with van der Waals surface area (Å²) >= 11 is 2.19. The molecule has 0 atom stereocenters. The maximum Gasteiger partial charge on any atom is 0.416 e. The first-order valence-corrected chi connectivity index (χ1v) is 9.82. The van der Waals surface area contributed by atoms with E-state index < -0.39 is 11.7 Å². The Bertz CT molecular complexity index is 1260. The van der Waals surface area contributed by atoms with E-state index in [0.29, 0.717) is 25.9 Å². The molecule has 1 aromatic heterocycles. The normalized spacial score (nSPS) is 11.8. The van der Waals surface area contributed by atoms with E-state index in [-0.39, 0.29) is 10.5 Å². The Morgan fingerprint density at radius 2 is 1.54 bits per heavy atom. The van der Waals surface area contributed by atoms with Crippen molar-refractivity contribution in [2.45, 2.75) is 11.1 Å². The zero-order valence-electron chi connectivity index (χ0n) is 14.1. The fourth-order valence-corrected chi connectivity index (χ4v) is 4.87. The third-order valence-corrected chi connectivity index (χ3v) is 6.35. The average Bonchev–Trinajstić information content (AvgIpc) is 2.67. The van der Waals surface area contributed by atoms with Gasteiger partial charge in [0.25, 0.3) is 0 Å². The van der Waals surface area contributed by atoms with Crippen LogP contribution in [0.4, 0.5) is 13.2 Å². The van der Waals surface area contributed by atoms with Crippen LogP contribution >= 0.6 is 23.1 Å². The maximum atomic E-state index is 12.8. The van der Waals surface area contributed by atoms with Crippen LogP contribution in [0.2, 0.25) is 0 Å².